The van der Waals surface area contributed by atoms with Gasteiger partial charge in [-0.05, 0) is 127 Å². The topological polar surface area (TPSA) is 92.4 Å². The lowest BCUT2D eigenvalue weighted by Crippen LogP contribution is -2.62. The van der Waals surface area contributed by atoms with Gasteiger partial charge in [0, 0.05) is 13.1 Å². The Hall–Kier alpha value is -2.14. The summed E-state index contributed by atoms with van der Waals surface area (Å²) in [5, 5.41) is 12.6. The number of nitrogens with two attached hydrogens (primary N) is 1. The number of aromatic carboxylic acids is 1. The van der Waals surface area contributed by atoms with Gasteiger partial charge in [-0.25, -0.2) is 4.79 Å². The second-order valence-corrected chi connectivity index (χ2v) is 15.9. The number of hydrogen-bond acceptors (Lipinski definition) is 3. The van der Waals surface area contributed by atoms with Gasteiger partial charge in [-0.1, -0.05) is 72.6 Å². The molecule has 5 aliphatic carbocycles. The predicted molar refractivity (Wildman–Crippen MR) is 175 cm³/mol. The number of benzene rings is 1. The zero-order valence-corrected chi connectivity index (χ0v) is 27.8. The first kappa shape index (κ1) is 32.3. The molecule has 1 amide bonds. The van der Waals surface area contributed by atoms with E-state index >= 15 is 0 Å². The Kier molecular flexibility index (Phi) is 8.99. The van der Waals surface area contributed by atoms with Crippen molar-refractivity contribution < 1.29 is 14.7 Å². The van der Waals surface area contributed by atoms with E-state index in [1.807, 2.05) is 12.1 Å². The first-order valence-electron chi connectivity index (χ1n) is 17.4. The van der Waals surface area contributed by atoms with E-state index in [0.29, 0.717) is 53.6 Å². The van der Waals surface area contributed by atoms with Crippen molar-refractivity contribution in [3.05, 3.63) is 41.5 Å². The monoisotopic (exact) mass is 590 g/mol. The molecule has 0 radical (unpaired) electrons. The average molecular weight is 591 g/mol. The van der Waals surface area contributed by atoms with Crippen LogP contribution in [0.25, 0.3) is 5.57 Å². The van der Waals surface area contributed by atoms with E-state index in [1.54, 1.807) is 12.1 Å². The van der Waals surface area contributed by atoms with Crippen molar-refractivity contribution in [1.82, 2.24) is 5.32 Å². The van der Waals surface area contributed by atoms with Crippen LogP contribution in [0.1, 0.15) is 128 Å². The van der Waals surface area contributed by atoms with Crippen LogP contribution in [0.5, 0.6) is 0 Å². The highest BCUT2D eigenvalue weighted by Gasteiger charge is 2.66. The number of carboxylic acids is 1. The molecule has 4 fully saturated rings. The van der Waals surface area contributed by atoms with Gasteiger partial charge in [0.15, 0.2) is 0 Å². The lowest BCUT2D eigenvalue weighted by molar-refractivity contribution is -0.181. The van der Waals surface area contributed by atoms with Crippen molar-refractivity contribution in [2.45, 2.75) is 112 Å². The Labute approximate surface area is 260 Å². The molecule has 1 aromatic carbocycles. The maximum absolute atomic E-state index is 13.5. The van der Waals surface area contributed by atoms with Crippen molar-refractivity contribution in [3.63, 3.8) is 0 Å². The molecule has 0 saturated heterocycles. The molecule has 0 aromatic heterocycles. The van der Waals surface area contributed by atoms with E-state index in [2.05, 4.69) is 52.9 Å². The molecule has 0 bridgehead atoms. The molecule has 6 rings (SSSR count). The van der Waals surface area contributed by atoms with Gasteiger partial charge in [0.2, 0.25) is 5.91 Å². The minimum atomic E-state index is -0.869. The van der Waals surface area contributed by atoms with Crippen molar-refractivity contribution in [2.24, 2.45) is 57.0 Å². The molecule has 5 heteroatoms. The minimum absolute atomic E-state index is 0.0319. The summed E-state index contributed by atoms with van der Waals surface area (Å²) in [6.45, 7) is 15.5. The molecule has 43 heavy (non-hydrogen) atoms. The van der Waals surface area contributed by atoms with Crippen molar-refractivity contribution in [3.8, 4) is 0 Å². The van der Waals surface area contributed by atoms with Crippen LogP contribution in [0.2, 0.25) is 0 Å². The average Bonchev–Trinajstić information content (AvgIpc) is 3.42. The predicted octanol–water partition coefficient (Wildman–Crippen LogP) is 8.33. The molecule has 238 valence electrons. The van der Waals surface area contributed by atoms with Crippen LogP contribution in [0, 0.1) is 51.2 Å². The molecule has 8 atom stereocenters. The number of nitrogens with one attached hydrogen (secondary N) is 1. The van der Waals surface area contributed by atoms with E-state index < -0.39 is 5.97 Å². The smallest absolute Gasteiger partial charge is 0.335 e. The van der Waals surface area contributed by atoms with Gasteiger partial charge in [0.25, 0.3) is 0 Å². The maximum atomic E-state index is 13.5. The summed E-state index contributed by atoms with van der Waals surface area (Å²) >= 11 is 0. The Bertz CT molecular complexity index is 1220. The van der Waals surface area contributed by atoms with E-state index in [9.17, 15) is 14.7 Å². The number of rotatable bonds is 5. The van der Waals surface area contributed by atoms with Gasteiger partial charge in [0.1, 0.15) is 0 Å². The molecule has 0 spiro atoms. The Morgan fingerprint density at radius 1 is 0.884 bits per heavy atom. The van der Waals surface area contributed by atoms with E-state index in [0.717, 1.165) is 25.2 Å². The molecule has 4 saturated carbocycles. The van der Waals surface area contributed by atoms with E-state index in [1.165, 1.54) is 62.5 Å². The summed E-state index contributed by atoms with van der Waals surface area (Å²) in [7, 11) is 0. The zero-order valence-electron chi connectivity index (χ0n) is 27.8. The van der Waals surface area contributed by atoms with E-state index in [-0.39, 0.29) is 16.2 Å². The summed E-state index contributed by atoms with van der Waals surface area (Å²) in [5.74, 6) is 2.67. The van der Waals surface area contributed by atoms with Crippen LogP contribution in [0.15, 0.2) is 30.3 Å². The largest absolute Gasteiger partial charge is 0.478 e. The van der Waals surface area contributed by atoms with Crippen LogP contribution < -0.4 is 11.1 Å². The molecule has 4 N–H and O–H groups in total. The van der Waals surface area contributed by atoms with Crippen LogP contribution >= 0.6 is 0 Å². The second kappa shape index (κ2) is 12.0. The lowest BCUT2D eigenvalue weighted by atomic mass is 9.36. The number of fused-ring (bicyclic) bond motifs is 7. The van der Waals surface area contributed by atoms with Crippen LogP contribution in [0.4, 0.5) is 0 Å². The lowest BCUT2D eigenvalue weighted by Gasteiger charge is -2.68. The van der Waals surface area contributed by atoms with Gasteiger partial charge in [-0.3, -0.25) is 4.79 Å². The molecule has 1 aromatic rings. The zero-order chi connectivity index (χ0) is 31.2. The summed E-state index contributed by atoms with van der Waals surface area (Å²) in [6, 6.07) is 7.53. The molecular formula is C38H58N2O3. The van der Waals surface area contributed by atoms with Crippen molar-refractivity contribution in [2.75, 3.05) is 13.1 Å². The van der Waals surface area contributed by atoms with E-state index in [4.69, 9.17) is 5.73 Å². The normalized spacial score (nSPS) is 39.0. The summed E-state index contributed by atoms with van der Waals surface area (Å²) < 4.78 is 0. The number of carboxylic acid groups (broad SMARTS) is 1. The standard InChI is InChI=1S/C35H50N2O3.C3H8/c1-32(2)25(22-7-9-23(10-8-22)30(38)39)13-17-34(4)28(32)15-18-33(3)26-14-19-35(31(40)37-21-20-36)16-5-6-27(35)24(26)11-12-29(33)34;1-3-2/h7-10,13,24,26-29H,5-6,11-12,14-21,36H2,1-4H3,(H,37,40)(H,38,39);3H2,1-2H3/t24?,26?,27?,28?,29?,33-,34-,35-;/m0./s1. The number of carbonyl (C=O) groups is 2. The quantitative estimate of drug-likeness (QED) is 0.321. The molecule has 5 nitrogen and oxygen atoms in total. The molecule has 5 aliphatic rings. The fourth-order valence-electron chi connectivity index (χ4n) is 11.9. The van der Waals surface area contributed by atoms with Crippen LogP contribution in [0.3, 0.4) is 0 Å². The highest BCUT2D eigenvalue weighted by Crippen LogP contribution is 2.73. The van der Waals surface area contributed by atoms with Gasteiger partial charge >= 0.3 is 5.97 Å². The first-order chi connectivity index (χ1) is 20.4. The molecule has 0 aliphatic heterocycles. The van der Waals surface area contributed by atoms with Crippen LogP contribution in [-0.2, 0) is 4.79 Å². The second-order valence-electron chi connectivity index (χ2n) is 15.9. The molecule has 5 unspecified atom stereocenters. The molecular weight excluding hydrogens is 532 g/mol. The minimum Gasteiger partial charge on any atom is -0.478 e. The van der Waals surface area contributed by atoms with Crippen molar-refractivity contribution >= 4 is 17.4 Å². The number of allylic oxidation sites excluding steroid dienone is 2. The summed E-state index contributed by atoms with van der Waals surface area (Å²) in [6.07, 6.45) is 15.7. The fraction of sp³-hybridized carbons (Fsp3) is 0.737. The third kappa shape index (κ3) is 5.10. The number of carbonyl (C=O) groups excluding carboxylic acids is 1. The first-order valence-corrected chi connectivity index (χ1v) is 17.4. The highest BCUT2D eigenvalue weighted by atomic mass is 16.4. The Balaban J connectivity index is 0.00000118. The van der Waals surface area contributed by atoms with Gasteiger partial charge < -0.3 is 16.2 Å². The Morgan fingerprint density at radius 3 is 2.23 bits per heavy atom. The Morgan fingerprint density at radius 2 is 1.58 bits per heavy atom. The summed E-state index contributed by atoms with van der Waals surface area (Å²) in [5.41, 5.74) is 9.13. The fourth-order valence-corrected chi connectivity index (χ4v) is 11.9. The molecule has 0 heterocycles. The summed E-state index contributed by atoms with van der Waals surface area (Å²) in [4.78, 5) is 24.9. The highest BCUT2D eigenvalue weighted by molar-refractivity contribution is 5.88. The third-order valence-corrected chi connectivity index (χ3v) is 13.4. The van der Waals surface area contributed by atoms with Gasteiger partial charge in [-0.15, -0.1) is 0 Å². The number of amides is 1. The SMILES string of the molecule is CC1(C)C(c2ccc(C(=O)O)cc2)=CC[C@@]2(C)C1CC[C@@]1(C)C3CC[C@@]4(C(=O)NCCN)CCCC4C3CCC12.CCC. The van der Waals surface area contributed by atoms with Gasteiger partial charge in [0.05, 0.1) is 11.0 Å². The van der Waals surface area contributed by atoms with Crippen molar-refractivity contribution in [1.29, 1.82) is 0 Å². The van der Waals surface area contributed by atoms with Gasteiger partial charge in [-0.2, -0.15) is 0 Å². The third-order valence-electron chi connectivity index (χ3n) is 13.4. The number of hydrogen-bond donors (Lipinski definition) is 3. The van der Waals surface area contributed by atoms with Crippen LogP contribution in [-0.4, -0.2) is 30.1 Å². The maximum Gasteiger partial charge on any atom is 0.335 e.